The molecule has 0 aromatic carbocycles. The molecule has 0 bridgehead atoms. The van der Waals surface area contributed by atoms with Gasteiger partial charge >= 0.3 is 17.9 Å². The molecule has 6 heteroatoms. The molecule has 75 heavy (non-hydrogen) atoms. The van der Waals surface area contributed by atoms with Crippen molar-refractivity contribution in [2.45, 2.75) is 322 Å². The van der Waals surface area contributed by atoms with Gasteiger partial charge in [0.05, 0.1) is 0 Å². The largest absolute Gasteiger partial charge is 0.462 e. The van der Waals surface area contributed by atoms with E-state index in [0.717, 1.165) is 109 Å². The smallest absolute Gasteiger partial charge is 0.306 e. The van der Waals surface area contributed by atoms with Crippen molar-refractivity contribution in [3.8, 4) is 0 Å². The average Bonchev–Trinajstić information content (AvgIpc) is 3.41. The number of carbonyl (C=O) groups excluding carboxylic acids is 3. The number of rotatable bonds is 58. The lowest BCUT2D eigenvalue weighted by atomic mass is 10.0. The maximum Gasteiger partial charge on any atom is 0.306 e. The van der Waals surface area contributed by atoms with E-state index in [0.29, 0.717) is 19.3 Å². The van der Waals surface area contributed by atoms with Crippen molar-refractivity contribution < 1.29 is 28.6 Å². The van der Waals surface area contributed by atoms with Gasteiger partial charge in [-0.1, -0.05) is 266 Å². The van der Waals surface area contributed by atoms with Gasteiger partial charge in [0, 0.05) is 19.3 Å². The second-order valence-electron chi connectivity index (χ2n) is 21.3. The standard InChI is InChI=1S/C69H120O6/c1-4-7-10-13-16-19-22-25-27-28-29-30-31-32-33-34-35-36-37-38-39-40-42-44-47-50-53-56-59-62-68(71)74-65-66(64-73-67(70)61-58-55-52-49-46-43-24-21-18-15-12-9-6-3)75-69(72)63-60-57-54-51-48-45-41-26-23-20-17-14-11-8-5-2/h9,12,18,21-22,25-26,28-29,31-32,41,43,46,66H,4-8,10-11,13-17,19-20,23-24,27,30,33-40,42,44-45,47-65H2,1-3H3/b12-9-,21-18-,25-22-,29-28-,32-31-,41-26-,46-43-. The Labute approximate surface area is 465 Å². The number of carbonyl (C=O) groups is 3. The van der Waals surface area contributed by atoms with Crippen LogP contribution in [-0.4, -0.2) is 37.2 Å². The zero-order valence-electron chi connectivity index (χ0n) is 49.6. The van der Waals surface area contributed by atoms with Gasteiger partial charge in [0.15, 0.2) is 6.10 Å². The Morgan fingerprint density at radius 2 is 0.520 bits per heavy atom. The van der Waals surface area contributed by atoms with Gasteiger partial charge in [-0.15, -0.1) is 0 Å². The third kappa shape index (κ3) is 61.3. The number of hydrogen-bond donors (Lipinski definition) is 0. The third-order valence-electron chi connectivity index (χ3n) is 13.9. The summed E-state index contributed by atoms with van der Waals surface area (Å²) in [6.45, 7) is 6.50. The van der Waals surface area contributed by atoms with E-state index in [1.54, 1.807) is 0 Å². The normalized spacial score (nSPS) is 12.6. The maximum absolute atomic E-state index is 12.9. The maximum atomic E-state index is 12.9. The van der Waals surface area contributed by atoms with Crippen molar-refractivity contribution >= 4 is 17.9 Å². The minimum absolute atomic E-state index is 0.0882. The molecule has 1 unspecified atom stereocenters. The van der Waals surface area contributed by atoms with Crippen LogP contribution in [0.25, 0.3) is 0 Å². The van der Waals surface area contributed by atoms with Crippen molar-refractivity contribution in [2.24, 2.45) is 0 Å². The molecule has 0 saturated carbocycles. The van der Waals surface area contributed by atoms with Crippen LogP contribution in [0.2, 0.25) is 0 Å². The molecule has 0 N–H and O–H groups in total. The minimum atomic E-state index is -0.793. The third-order valence-corrected chi connectivity index (χ3v) is 13.9. The highest BCUT2D eigenvalue weighted by atomic mass is 16.6. The molecular formula is C69H120O6. The van der Waals surface area contributed by atoms with Gasteiger partial charge in [-0.3, -0.25) is 14.4 Å². The highest BCUT2D eigenvalue weighted by Gasteiger charge is 2.19. The van der Waals surface area contributed by atoms with Crippen LogP contribution in [-0.2, 0) is 28.6 Å². The van der Waals surface area contributed by atoms with E-state index in [1.165, 1.54) is 167 Å². The Morgan fingerprint density at radius 1 is 0.280 bits per heavy atom. The molecule has 0 saturated heterocycles. The van der Waals surface area contributed by atoms with Gasteiger partial charge in [0.2, 0.25) is 0 Å². The molecule has 0 aromatic rings. The van der Waals surface area contributed by atoms with Crippen molar-refractivity contribution in [3.05, 3.63) is 85.1 Å². The van der Waals surface area contributed by atoms with Gasteiger partial charge < -0.3 is 14.2 Å². The Hall–Kier alpha value is -3.41. The molecule has 0 aliphatic heterocycles. The summed E-state index contributed by atoms with van der Waals surface area (Å²) >= 11 is 0. The van der Waals surface area contributed by atoms with Gasteiger partial charge in [-0.05, 0) is 116 Å². The molecule has 0 spiro atoms. The number of esters is 3. The van der Waals surface area contributed by atoms with Crippen LogP contribution in [0, 0.1) is 0 Å². The average molecular weight is 1050 g/mol. The SMILES string of the molecule is CC/C=C\C/C=C\C/C=C\CCCCCC(=O)OCC(COC(=O)CCCCCCCCCCCCCCCC/C=C\C/C=C\C/C=C\CCCCCCC)OC(=O)CCCCCCC/C=C\CCCCCCCC. The van der Waals surface area contributed by atoms with Crippen molar-refractivity contribution in [3.63, 3.8) is 0 Å². The Bertz CT molecular complexity index is 1430. The molecule has 6 nitrogen and oxygen atoms in total. The fraction of sp³-hybridized carbons (Fsp3) is 0.754. The van der Waals surface area contributed by atoms with E-state index in [2.05, 4.69) is 106 Å². The van der Waals surface area contributed by atoms with Crippen LogP contribution in [0.1, 0.15) is 316 Å². The van der Waals surface area contributed by atoms with Crippen LogP contribution in [0.5, 0.6) is 0 Å². The highest BCUT2D eigenvalue weighted by molar-refractivity contribution is 5.71. The summed E-state index contributed by atoms with van der Waals surface area (Å²) in [7, 11) is 0. The summed E-state index contributed by atoms with van der Waals surface area (Å²) < 4.78 is 16.9. The first kappa shape index (κ1) is 71.6. The second kappa shape index (κ2) is 63.1. The predicted octanol–water partition coefficient (Wildman–Crippen LogP) is 21.9. The molecule has 0 heterocycles. The second-order valence-corrected chi connectivity index (χ2v) is 21.3. The molecule has 0 aliphatic carbocycles. The van der Waals surface area contributed by atoms with E-state index in [1.807, 2.05) is 0 Å². The first-order valence-electron chi connectivity index (χ1n) is 32.1. The molecule has 0 fully saturated rings. The highest BCUT2D eigenvalue weighted by Crippen LogP contribution is 2.16. The van der Waals surface area contributed by atoms with Gasteiger partial charge in [0.1, 0.15) is 13.2 Å². The summed E-state index contributed by atoms with van der Waals surface area (Å²) in [6.07, 6.45) is 83.2. The summed E-state index contributed by atoms with van der Waals surface area (Å²) in [4.78, 5) is 38.2. The fourth-order valence-electron chi connectivity index (χ4n) is 9.05. The van der Waals surface area contributed by atoms with E-state index in [4.69, 9.17) is 14.2 Å². The van der Waals surface area contributed by atoms with Crippen LogP contribution < -0.4 is 0 Å². The number of ether oxygens (including phenoxy) is 3. The van der Waals surface area contributed by atoms with E-state index < -0.39 is 6.10 Å². The van der Waals surface area contributed by atoms with Crippen LogP contribution in [0.4, 0.5) is 0 Å². The Balaban J connectivity index is 4.24. The van der Waals surface area contributed by atoms with Crippen LogP contribution in [0.3, 0.4) is 0 Å². The van der Waals surface area contributed by atoms with Gasteiger partial charge in [0.25, 0.3) is 0 Å². The molecule has 0 rings (SSSR count). The number of unbranched alkanes of at least 4 members (excludes halogenated alkanes) is 33. The Kier molecular flexibility index (Phi) is 60.3. The monoisotopic (exact) mass is 1040 g/mol. The lowest BCUT2D eigenvalue weighted by Crippen LogP contribution is -2.30. The first-order valence-corrected chi connectivity index (χ1v) is 32.1. The molecule has 0 aromatic heterocycles. The first-order chi connectivity index (χ1) is 37.0. The number of hydrogen-bond acceptors (Lipinski definition) is 6. The van der Waals surface area contributed by atoms with Gasteiger partial charge in [-0.2, -0.15) is 0 Å². The molecule has 432 valence electrons. The summed E-state index contributed by atoms with van der Waals surface area (Å²) in [5.41, 5.74) is 0. The topological polar surface area (TPSA) is 78.9 Å². The summed E-state index contributed by atoms with van der Waals surface area (Å²) in [5, 5.41) is 0. The van der Waals surface area contributed by atoms with Gasteiger partial charge in [-0.25, -0.2) is 0 Å². The van der Waals surface area contributed by atoms with Crippen molar-refractivity contribution in [1.29, 1.82) is 0 Å². The molecule has 0 amide bonds. The molecule has 1 atom stereocenters. The minimum Gasteiger partial charge on any atom is -0.462 e. The van der Waals surface area contributed by atoms with Crippen LogP contribution >= 0.6 is 0 Å². The summed E-state index contributed by atoms with van der Waals surface area (Å²) in [5.74, 6) is -0.918. The van der Waals surface area contributed by atoms with Crippen molar-refractivity contribution in [1.82, 2.24) is 0 Å². The predicted molar refractivity (Wildman–Crippen MR) is 325 cm³/mol. The molecular weight excluding hydrogens is 925 g/mol. The Morgan fingerprint density at radius 3 is 0.840 bits per heavy atom. The van der Waals surface area contributed by atoms with E-state index in [-0.39, 0.29) is 31.1 Å². The van der Waals surface area contributed by atoms with Crippen LogP contribution in [0.15, 0.2) is 85.1 Å². The zero-order chi connectivity index (χ0) is 54.3. The lowest BCUT2D eigenvalue weighted by Gasteiger charge is -2.18. The quantitative estimate of drug-likeness (QED) is 0.0261. The van der Waals surface area contributed by atoms with E-state index >= 15 is 0 Å². The fourth-order valence-corrected chi connectivity index (χ4v) is 9.05. The van der Waals surface area contributed by atoms with Crippen molar-refractivity contribution in [2.75, 3.05) is 13.2 Å². The molecule has 0 aliphatic rings. The lowest BCUT2D eigenvalue weighted by molar-refractivity contribution is -0.167. The number of allylic oxidation sites excluding steroid dienone is 14. The van der Waals surface area contributed by atoms with E-state index in [9.17, 15) is 14.4 Å². The molecule has 0 radical (unpaired) electrons. The summed E-state index contributed by atoms with van der Waals surface area (Å²) in [6, 6.07) is 0. The zero-order valence-corrected chi connectivity index (χ0v) is 49.6.